The van der Waals surface area contributed by atoms with Crippen LogP contribution < -0.4 is 10.5 Å². The molecule has 1 saturated carbocycles. The Morgan fingerprint density at radius 3 is 2.64 bits per heavy atom. The van der Waals surface area contributed by atoms with Crippen LogP contribution in [0.15, 0.2) is 0 Å². The van der Waals surface area contributed by atoms with Gasteiger partial charge in [0.1, 0.15) is 0 Å². The predicted octanol–water partition coefficient (Wildman–Crippen LogP) is -0.445. The van der Waals surface area contributed by atoms with Gasteiger partial charge in [-0.05, 0) is 25.7 Å². The number of hydrogen-bond acceptors (Lipinski definition) is 4. The molecular weight excluding hydrogens is 202 g/mol. The number of rotatable bonds is 5. The first kappa shape index (κ1) is 11.4. The average molecular weight is 217 g/mol. The largest absolute Gasteiger partial charge is 0.326 e. The van der Waals surface area contributed by atoms with Crippen LogP contribution in [0.25, 0.3) is 0 Å². The van der Waals surface area contributed by atoms with E-state index in [1.165, 1.54) is 6.92 Å². The van der Waals surface area contributed by atoms with E-state index in [4.69, 9.17) is 11.0 Å². The zero-order valence-electron chi connectivity index (χ0n) is 8.10. The van der Waals surface area contributed by atoms with E-state index in [-0.39, 0.29) is 12.6 Å². The fourth-order valence-electron chi connectivity index (χ4n) is 1.10. The van der Waals surface area contributed by atoms with Crippen molar-refractivity contribution in [2.24, 2.45) is 11.7 Å². The van der Waals surface area contributed by atoms with E-state index >= 15 is 0 Å². The van der Waals surface area contributed by atoms with E-state index in [0.717, 1.165) is 12.8 Å². The minimum absolute atomic E-state index is 0.115. The van der Waals surface area contributed by atoms with Gasteiger partial charge in [0.2, 0.25) is 10.0 Å². The van der Waals surface area contributed by atoms with Crippen molar-refractivity contribution in [3.05, 3.63) is 0 Å². The minimum atomic E-state index is -3.50. The molecule has 3 N–H and O–H groups in total. The second-order valence-electron chi connectivity index (χ2n) is 3.67. The summed E-state index contributed by atoms with van der Waals surface area (Å²) in [6.07, 6.45) is 2.16. The van der Waals surface area contributed by atoms with Crippen LogP contribution in [0.3, 0.4) is 0 Å². The molecule has 0 aromatic rings. The highest BCUT2D eigenvalue weighted by molar-refractivity contribution is 7.90. The lowest BCUT2D eigenvalue weighted by Crippen LogP contribution is -2.41. The first-order valence-corrected chi connectivity index (χ1v) is 6.15. The van der Waals surface area contributed by atoms with Gasteiger partial charge in [-0.15, -0.1) is 0 Å². The third-order valence-corrected chi connectivity index (χ3v) is 4.00. The molecule has 0 radical (unpaired) electrons. The lowest BCUT2D eigenvalue weighted by Gasteiger charge is -2.12. The molecule has 1 rings (SSSR count). The molecule has 1 aliphatic carbocycles. The summed E-state index contributed by atoms with van der Waals surface area (Å²) < 4.78 is 25.0. The lowest BCUT2D eigenvalue weighted by molar-refractivity contribution is 0.545. The number of nitrogens with zero attached hydrogens (tertiary/aromatic N) is 1. The normalized spacial score (nSPS) is 21.2. The molecule has 1 aliphatic rings. The smallest absolute Gasteiger partial charge is 0.227 e. The molecule has 5 nitrogen and oxygen atoms in total. The number of nitrogens with two attached hydrogens (primary N) is 1. The third-order valence-electron chi connectivity index (χ3n) is 2.39. The SMILES string of the molecule is CC(C#N)S(=O)(=O)NCC(N)C1CC1. The maximum absolute atomic E-state index is 11.3. The Hall–Kier alpha value is -0.640. The van der Waals surface area contributed by atoms with Crippen molar-refractivity contribution in [1.29, 1.82) is 5.26 Å². The van der Waals surface area contributed by atoms with Crippen molar-refractivity contribution in [2.75, 3.05) is 6.54 Å². The van der Waals surface area contributed by atoms with Crippen LogP contribution >= 0.6 is 0 Å². The van der Waals surface area contributed by atoms with Gasteiger partial charge in [-0.25, -0.2) is 13.1 Å². The molecule has 80 valence electrons. The summed E-state index contributed by atoms with van der Waals surface area (Å²) in [4.78, 5) is 0. The molecule has 1 fully saturated rings. The molecule has 0 aromatic heterocycles. The summed E-state index contributed by atoms with van der Waals surface area (Å²) in [5.74, 6) is 0.454. The molecular formula is C8H15N3O2S. The van der Waals surface area contributed by atoms with Crippen LogP contribution in [0.1, 0.15) is 19.8 Å². The van der Waals surface area contributed by atoms with Crippen molar-refractivity contribution in [3.8, 4) is 6.07 Å². The summed E-state index contributed by atoms with van der Waals surface area (Å²) in [5, 5.41) is 7.44. The van der Waals surface area contributed by atoms with Gasteiger partial charge in [-0.2, -0.15) is 5.26 Å². The molecule has 0 spiro atoms. The summed E-state index contributed by atoms with van der Waals surface area (Å²) >= 11 is 0. The van der Waals surface area contributed by atoms with Crippen molar-refractivity contribution >= 4 is 10.0 Å². The first-order chi connectivity index (χ1) is 6.47. The second-order valence-corrected chi connectivity index (χ2v) is 5.75. The van der Waals surface area contributed by atoms with E-state index in [0.29, 0.717) is 5.92 Å². The van der Waals surface area contributed by atoms with E-state index < -0.39 is 15.3 Å². The fourth-order valence-corrected chi connectivity index (χ4v) is 1.91. The standard InChI is InChI=1S/C8H15N3O2S/c1-6(4-9)14(12,13)11-5-8(10)7-2-3-7/h6-8,11H,2-3,5,10H2,1H3. The molecule has 2 atom stereocenters. The summed E-state index contributed by atoms with van der Waals surface area (Å²) in [7, 11) is -3.50. The molecule has 2 unspecified atom stereocenters. The van der Waals surface area contributed by atoms with Crippen molar-refractivity contribution in [1.82, 2.24) is 4.72 Å². The highest BCUT2D eigenvalue weighted by atomic mass is 32.2. The highest BCUT2D eigenvalue weighted by Crippen LogP contribution is 2.31. The average Bonchev–Trinajstić information content (AvgIpc) is 2.96. The van der Waals surface area contributed by atoms with Crippen LogP contribution in [0.2, 0.25) is 0 Å². The van der Waals surface area contributed by atoms with Gasteiger partial charge in [-0.3, -0.25) is 0 Å². The highest BCUT2D eigenvalue weighted by Gasteiger charge is 2.30. The summed E-state index contributed by atoms with van der Waals surface area (Å²) in [6.45, 7) is 1.59. The lowest BCUT2D eigenvalue weighted by atomic mass is 10.2. The van der Waals surface area contributed by atoms with Crippen LogP contribution in [-0.2, 0) is 10.0 Å². The number of hydrogen-bond donors (Lipinski definition) is 2. The topological polar surface area (TPSA) is 96.0 Å². The van der Waals surface area contributed by atoms with Gasteiger partial charge in [0.25, 0.3) is 0 Å². The third kappa shape index (κ3) is 2.94. The van der Waals surface area contributed by atoms with Gasteiger partial charge in [0.05, 0.1) is 6.07 Å². The van der Waals surface area contributed by atoms with Crippen molar-refractivity contribution in [2.45, 2.75) is 31.1 Å². The monoisotopic (exact) mass is 217 g/mol. The van der Waals surface area contributed by atoms with Crippen LogP contribution in [-0.4, -0.2) is 26.3 Å². The Morgan fingerprint density at radius 2 is 2.21 bits per heavy atom. The Labute approximate surface area is 84.3 Å². The van der Waals surface area contributed by atoms with E-state index in [2.05, 4.69) is 4.72 Å². The molecule has 0 aliphatic heterocycles. The zero-order valence-corrected chi connectivity index (χ0v) is 8.92. The summed E-state index contributed by atoms with van der Waals surface area (Å²) in [6, 6.07) is 1.57. The maximum atomic E-state index is 11.3. The van der Waals surface area contributed by atoms with E-state index in [1.807, 2.05) is 0 Å². The predicted molar refractivity (Wildman–Crippen MR) is 52.7 cm³/mol. The van der Waals surface area contributed by atoms with E-state index in [1.54, 1.807) is 6.07 Å². The molecule has 14 heavy (non-hydrogen) atoms. The fraction of sp³-hybridized carbons (Fsp3) is 0.875. The quantitative estimate of drug-likeness (QED) is 0.652. The minimum Gasteiger partial charge on any atom is -0.326 e. The van der Waals surface area contributed by atoms with Gasteiger partial charge < -0.3 is 5.73 Å². The van der Waals surface area contributed by atoms with Crippen LogP contribution in [0.5, 0.6) is 0 Å². The molecule has 0 heterocycles. The van der Waals surface area contributed by atoms with Crippen LogP contribution in [0, 0.1) is 17.2 Å². The number of sulfonamides is 1. The Morgan fingerprint density at radius 1 is 1.64 bits per heavy atom. The Bertz CT molecular complexity index is 329. The number of nitriles is 1. The first-order valence-electron chi connectivity index (χ1n) is 4.61. The van der Waals surface area contributed by atoms with Gasteiger partial charge >= 0.3 is 0 Å². The van der Waals surface area contributed by atoms with Gasteiger partial charge in [0.15, 0.2) is 5.25 Å². The molecule has 6 heteroatoms. The molecule has 0 aromatic carbocycles. The van der Waals surface area contributed by atoms with Crippen molar-refractivity contribution < 1.29 is 8.42 Å². The van der Waals surface area contributed by atoms with E-state index in [9.17, 15) is 8.42 Å². The Balaban J connectivity index is 2.40. The van der Waals surface area contributed by atoms with Crippen molar-refractivity contribution in [3.63, 3.8) is 0 Å². The molecule has 0 amide bonds. The van der Waals surface area contributed by atoms with Gasteiger partial charge in [0, 0.05) is 12.6 Å². The maximum Gasteiger partial charge on any atom is 0.227 e. The zero-order chi connectivity index (χ0) is 10.8. The number of nitrogens with one attached hydrogen (secondary N) is 1. The van der Waals surface area contributed by atoms with Crippen LogP contribution in [0.4, 0.5) is 0 Å². The Kier molecular flexibility index (Phi) is 3.48. The molecule has 0 saturated heterocycles. The van der Waals surface area contributed by atoms with Gasteiger partial charge in [-0.1, -0.05) is 0 Å². The summed E-state index contributed by atoms with van der Waals surface area (Å²) in [5.41, 5.74) is 5.72. The second kappa shape index (κ2) is 4.26. The molecule has 0 bridgehead atoms.